The molecule has 0 fully saturated rings. The lowest BCUT2D eigenvalue weighted by Gasteiger charge is -2.30. The first kappa shape index (κ1) is 30.0. The summed E-state index contributed by atoms with van der Waals surface area (Å²) in [6.45, 7) is 0. The van der Waals surface area contributed by atoms with Crippen LogP contribution in [0.25, 0.3) is 71.3 Å². The van der Waals surface area contributed by atoms with Crippen LogP contribution < -0.4 is 4.90 Å². The van der Waals surface area contributed by atoms with Crippen LogP contribution in [0.5, 0.6) is 0 Å². The second-order valence-electron chi connectivity index (χ2n) is 13.3. The number of fused-ring (bicyclic) bond motifs is 5. The Balaban J connectivity index is 1.28. The number of nitrogens with zero attached hydrogens (tertiary/aromatic N) is 2. The highest BCUT2D eigenvalue weighted by Gasteiger charge is 2.23. The zero-order valence-electron chi connectivity index (χ0n) is 28.5. The van der Waals surface area contributed by atoms with Crippen LogP contribution in [-0.2, 0) is 0 Å². The van der Waals surface area contributed by atoms with Gasteiger partial charge in [-0.1, -0.05) is 158 Å². The minimum atomic E-state index is 1.09. The number of anilines is 3. The van der Waals surface area contributed by atoms with Gasteiger partial charge in [-0.2, -0.15) is 0 Å². The second kappa shape index (κ2) is 12.5. The van der Waals surface area contributed by atoms with E-state index in [4.69, 9.17) is 0 Å². The average molecular weight is 663 g/mol. The van der Waals surface area contributed by atoms with Gasteiger partial charge in [-0.25, -0.2) is 0 Å². The van der Waals surface area contributed by atoms with E-state index in [9.17, 15) is 0 Å². The normalized spacial score (nSPS) is 11.5. The Kier molecular flexibility index (Phi) is 7.18. The highest BCUT2D eigenvalue weighted by atomic mass is 15.1. The molecule has 2 nitrogen and oxygen atoms in total. The van der Waals surface area contributed by atoms with Gasteiger partial charge in [0.2, 0.25) is 0 Å². The molecule has 1 aromatic heterocycles. The summed E-state index contributed by atoms with van der Waals surface area (Å²) in [6.07, 6.45) is 0. The molecule has 1 heterocycles. The molecule has 0 unspecified atom stereocenters. The summed E-state index contributed by atoms with van der Waals surface area (Å²) < 4.78 is 2.40. The van der Waals surface area contributed by atoms with Crippen molar-refractivity contribution in [3.8, 4) is 27.9 Å². The number of hydrogen-bond acceptors (Lipinski definition) is 1. The minimum Gasteiger partial charge on any atom is -0.309 e. The quantitative estimate of drug-likeness (QED) is 0.172. The Bertz CT molecular complexity index is 2910. The first-order valence-electron chi connectivity index (χ1n) is 17.9. The molecule has 10 rings (SSSR count). The van der Waals surface area contributed by atoms with Crippen molar-refractivity contribution < 1.29 is 0 Å². The Morgan fingerprint density at radius 1 is 0.327 bits per heavy atom. The third kappa shape index (κ3) is 4.96. The van der Waals surface area contributed by atoms with Crippen molar-refractivity contribution in [2.75, 3.05) is 4.90 Å². The molecule has 9 aromatic carbocycles. The molecular weight excluding hydrogens is 629 g/mol. The number of rotatable bonds is 6. The van der Waals surface area contributed by atoms with Crippen molar-refractivity contribution in [2.45, 2.75) is 0 Å². The van der Waals surface area contributed by atoms with Crippen LogP contribution in [0.3, 0.4) is 0 Å². The lowest BCUT2D eigenvalue weighted by atomic mass is 9.95. The zero-order chi connectivity index (χ0) is 34.4. The fourth-order valence-corrected chi connectivity index (χ4v) is 7.99. The molecule has 0 radical (unpaired) electrons. The molecular formula is C50H34N2. The van der Waals surface area contributed by atoms with Crippen molar-refractivity contribution >= 4 is 60.4 Å². The van der Waals surface area contributed by atoms with Gasteiger partial charge in [-0.3, -0.25) is 0 Å². The van der Waals surface area contributed by atoms with E-state index in [1.807, 2.05) is 0 Å². The van der Waals surface area contributed by atoms with Crippen molar-refractivity contribution in [1.82, 2.24) is 4.57 Å². The maximum Gasteiger partial charge on any atom is 0.0561 e. The molecule has 0 bridgehead atoms. The van der Waals surface area contributed by atoms with Crippen LogP contribution in [0.1, 0.15) is 0 Å². The van der Waals surface area contributed by atoms with Gasteiger partial charge in [0.1, 0.15) is 0 Å². The van der Waals surface area contributed by atoms with Gasteiger partial charge in [0.25, 0.3) is 0 Å². The SMILES string of the molecule is c1ccc(-n2c3ccccc3c3ccc(N(c4ccccc4-c4ccc5ccccc5c4)c4ccccc4-c4cccc5ccccc45)cc32)cc1. The van der Waals surface area contributed by atoms with E-state index < -0.39 is 0 Å². The first-order chi connectivity index (χ1) is 25.8. The lowest BCUT2D eigenvalue weighted by Crippen LogP contribution is -2.12. The summed E-state index contributed by atoms with van der Waals surface area (Å²) in [5.74, 6) is 0. The summed E-state index contributed by atoms with van der Waals surface area (Å²) in [7, 11) is 0. The van der Waals surface area contributed by atoms with E-state index in [1.54, 1.807) is 0 Å². The molecule has 0 aliphatic rings. The predicted octanol–water partition coefficient (Wildman–Crippen LogP) is 13.9. The molecule has 0 atom stereocenters. The topological polar surface area (TPSA) is 8.17 Å². The highest BCUT2D eigenvalue weighted by Crippen LogP contribution is 2.47. The molecule has 52 heavy (non-hydrogen) atoms. The third-order valence-corrected chi connectivity index (χ3v) is 10.4. The van der Waals surface area contributed by atoms with E-state index >= 15 is 0 Å². The van der Waals surface area contributed by atoms with Crippen molar-refractivity contribution in [3.05, 3.63) is 206 Å². The van der Waals surface area contributed by atoms with Gasteiger partial charge >= 0.3 is 0 Å². The number of aromatic nitrogens is 1. The van der Waals surface area contributed by atoms with Crippen LogP contribution in [-0.4, -0.2) is 4.57 Å². The minimum absolute atomic E-state index is 1.09. The Morgan fingerprint density at radius 2 is 0.923 bits per heavy atom. The van der Waals surface area contributed by atoms with Crippen molar-refractivity contribution in [3.63, 3.8) is 0 Å². The molecule has 0 saturated heterocycles. The van der Waals surface area contributed by atoms with Crippen LogP contribution in [0.2, 0.25) is 0 Å². The van der Waals surface area contributed by atoms with E-state index in [2.05, 4.69) is 216 Å². The maximum atomic E-state index is 2.47. The summed E-state index contributed by atoms with van der Waals surface area (Å²) in [5.41, 5.74) is 11.6. The molecule has 2 heteroatoms. The Labute approximate surface area is 303 Å². The van der Waals surface area contributed by atoms with Crippen LogP contribution >= 0.6 is 0 Å². The lowest BCUT2D eigenvalue weighted by molar-refractivity contribution is 1.18. The fraction of sp³-hybridized carbons (Fsp3) is 0. The predicted molar refractivity (Wildman–Crippen MR) is 221 cm³/mol. The zero-order valence-corrected chi connectivity index (χ0v) is 28.5. The van der Waals surface area contributed by atoms with Gasteiger partial charge < -0.3 is 9.47 Å². The Morgan fingerprint density at radius 3 is 1.77 bits per heavy atom. The molecule has 10 aromatic rings. The van der Waals surface area contributed by atoms with Crippen LogP contribution in [0.15, 0.2) is 206 Å². The van der Waals surface area contributed by atoms with E-state index in [1.165, 1.54) is 65.6 Å². The third-order valence-electron chi connectivity index (χ3n) is 10.4. The monoisotopic (exact) mass is 662 g/mol. The van der Waals surface area contributed by atoms with Crippen LogP contribution in [0, 0.1) is 0 Å². The number of benzene rings is 9. The standard InChI is InChI=1S/C50H34N2/c1-2-19-39(20-3-1)51-49-28-13-10-24-45(49)46-32-31-40(34-50(46)51)52(47-26-11-8-22-42(47)38-30-29-35-15-4-5-17-37(35)33-38)48-27-12-9-23-44(48)43-25-14-18-36-16-6-7-21-41(36)43/h1-34H. The van der Waals surface area contributed by atoms with Crippen molar-refractivity contribution in [1.29, 1.82) is 0 Å². The molecule has 0 spiro atoms. The molecule has 0 aliphatic carbocycles. The van der Waals surface area contributed by atoms with Crippen molar-refractivity contribution in [2.24, 2.45) is 0 Å². The smallest absolute Gasteiger partial charge is 0.0561 e. The van der Waals surface area contributed by atoms with Gasteiger partial charge in [-0.05, 0) is 81.2 Å². The first-order valence-corrected chi connectivity index (χ1v) is 17.9. The fourth-order valence-electron chi connectivity index (χ4n) is 7.99. The van der Waals surface area contributed by atoms with E-state index in [-0.39, 0.29) is 0 Å². The van der Waals surface area contributed by atoms with Gasteiger partial charge in [0.05, 0.1) is 22.4 Å². The Hall–Kier alpha value is -6.90. The van der Waals surface area contributed by atoms with Crippen LogP contribution in [0.4, 0.5) is 17.1 Å². The molecule has 0 N–H and O–H groups in total. The highest BCUT2D eigenvalue weighted by molar-refractivity contribution is 6.11. The van der Waals surface area contributed by atoms with E-state index in [0.717, 1.165) is 22.7 Å². The molecule has 0 aliphatic heterocycles. The molecule has 0 amide bonds. The molecule has 244 valence electrons. The molecule has 0 saturated carbocycles. The van der Waals surface area contributed by atoms with Gasteiger partial charge in [0.15, 0.2) is 0 Å². The van der Waals surface area contributed by atoms with E-state index in [0.29, 0.717) is 0 Å². The summed E-state index contributed by atoms with van der Waals surface area (Å²) in [6, 6.07) is 74.8. The second-order valence-corrected chi connectivity index (χ2v) is 13.3. The number of hydrogen-bond donors (Lipinski definition) is 0. The largest absolute Gasteiger partial charge is 0.309 e. The maximum absolute atomic E-state index is 2.47. The van der Waals surface area contributed by atoms with Gasteiger partial charge in [0, 0.05) is 33.3 Å². The summed E-state index contributed by atoms with van der Waals surface area (Å²) in [4.78, 5) is 2.47. The van der Waals surface area contributed by atoms with Gasteiger partial charge in [-0.15, -0.1) is 0 Å². The summed E-state index contributed by atoms with van der Waals surface area (Å²) >= 11 is 0. The summed E-state index contributed by atoms with van der Waals surface area (Å²) in [5, 5.41) is 7.40. The average Bonchev–Trinajstić information content (AvgIpc) is 3.55. The number of para-hydroxylation sites is 4.